The van der Waals surface area contributed by atoms with Crippen molar-refractivity contribution < 1.29 is 21.9 Å². The number of nitrogens with zero attached hydrogens (tertiary/aromatic N) is 1. The van der Waals surface area contributed by atoms with Gasteiger partial charge < -0.3 is 10.1 Å². The SMILES string of the molecule is O=S1(=O)CCCN(S(=O)(=O)c2c[nH]c(CO)c2)CC1. The highest BCUT2D eigenvalue weighted by Crippen LogP contribution is 2.19. The van der Waals surface area contributed by atoms with Gasteiger partial charge in [-0.3, -0.25) is 0 Å². The molecule has 1 aromatic rings. The number of hydrogen-bond donors (Lipinski definition) is 2. The Morgan fingerprint density at radius 2 is 2.05 bits per heavy atom. The van der Waals surface area contributed by atoms with Crippen molar-refractivity contribution in [3.63, 3.8) is 0 Å². The maximum absolute atomic E-state index is 12.3. The van der Waals surface area contributed by atoms with E-state index < -0.39 is 19.9 Å². The van der Waals surface area contributed by atoms with Crippen molar-refractivity contribution in [1.29, 1.82) is 0 Å². The third-order valence-corrected chi connectivity index (χ3v) is 6.63. The lowest BCUT2D eigenvalue weighted by molar-refractivity contribution is 0.277. The number of aromatic nitrogens is 1. The first-order valence-electron chi connectivity index (χ1n) is 5.84. The molecule has 0 atom stereocenters. The van der Waals surface area contributed by atoms with Crippen LogP contribution in [0.5, 0.6) is 0 Å². The Morgan fingerprint density at radius 3 is 2.68 bits per heavy atom. The highest BCUT2D eigenvalue weighted by molar-refractivity contribution is 7.91. The topological polar surface area (TPSA) is 108 Å². The number of sulfone groups is 1. The van der Waals surface area contributed by atoms with Gasteiger partial charge in [0, 0.05) is 25.0 Å². The molecule has 2 rings (SSSR count). The summed E-state index contributed by atoms with van der Waals surface area (Å²) in [4.78, 5) is 2.71. The molecular weight excluding hydrogens is 292 g/mol. The van der Waals surface area contributed by atoms with Crippen LogP contribution >= 0.6 is 0 Å². The predicted molar refractivity (Wildman–Crippen MR) is 68.7 cm³/mol. The first kappa shape index (κ1) is 14.5. The number of rotatable bonds is 3. The molecule has 2 heterocycles. The number of nitrogens with one attached hydrogen (secondary N) is 1. The molecular formula is C10H16N2O5S2. The van der Waals surface area contributed by atoms with Gasteiger partial charge in [0.1, 0.15) is 0 Å². The summed E-state index contributed by atoms with van der Waals surface area (Å²) in [5, 5.41) is 8.92. The molecule has 0 amide bonds. The Hall–Kier alpha value is -0.900. The van der Waals surface area contributed by atoms with Crippen molar-refractivity contribution >= 4 is 19.9 Å². The highest BCUT2D eigenvalue weighted by atomic mass is 32.2. The van der Waals surface area contributed by atoms with Gasteiger partial charge in [0.2, 0.25) is 10.0 Å². The molecule has 19 heavy (non-hydrogen) atoms. The van der Waals surface area contributed by atoms with Gasteiger partial charge in [-0.25, -0.2) is 16.8 Å². The van der Waals surface area contributed by atoms with Gasteiger partial charge in [-0.1, -0.05) is 0 Å². The van der Waals surface area contributed by atoms with E-state index in [1.54, 1.807) is 0 Å². The zero-order valence-electron chi connectivity index (χ0n) is 10.2. The monoisotopic (exact) mass is 308 g/mol. The first-order chi connectivity index (χ1) is 8.85. The molecule has 0 bridgehead atoms. The fraction of sp³-hybridized carbons (Fsp3) is 0.600. The summed E-state index contributed by atoms with van der Waals surface area (Å²) >= 11 is 0. The van der Waals surface area contributed by atoms with E-state index >= 15 is 0 Å². The molecule has 108 valence electrons. The van der Waals surface area contributed by atoms with Crippen LogP contribution in [0.25, 0.3) is 0 Å². The summed E-state index contributed by atoms with van der Waals surface area (Å²) in [6, 6.07) is 1.36. The zero-order chi connectivity index (χ0) is 14.1. The number of sulfonamides is 1. The summed E-state index contributed by atoms with van der Waals surface area (Å²) in [5.74, 6) is -0.127. The standard InChI is InChI=1S/C10H16N2O5S2/c13-8-9-6-10(7-11-9)19(16,17)12-2-1-4-18(14,15)5-3-12/h6-7,11,13H,1-5,8H2. The molecule has 9 heteroatoms. The summed E-state index contributed by atoms with van der Waals surface area (Å²) in [7, 11) is -6.85. The molecule has 0 spiro atoms. The summed E-state index contributed by atoms with van der Waals surface area (Å²) in [6.45, 7) is -0.102. The predicted octanol–water partition coefficient (Wildman–Crippen LogP) is -0.684. The maximum Gasteiger partial charge on any atom is 0.244 e. The van der Waals surface area contributed by atoms with E-state index in [4.69, 9.17) is 5.11 Å². The number of aliphatic hydroxyl groups excluding tert-OH is 1. The van der Waals surface area contributed by atoms with E-state index in [1.165, 1.54) is 16.6 Å². The molecule has 2 N–H and O–H groups in total. The number of hydrogen-bond acceptors (Lipinski definition) is 5. The second-order valence-electron chi connectivity index (χ2n) is 4.43. The van der Waals surface area contributed by atoms with Crippen LogP contribution in [0.3, 0.4) is 0 Å². The maximum atomic E-state index is 12.3. The van der Waals surface area contributed by atoms with Crippen molar-refractivity contribution in [3.8, 4) is 0 Å². The van der Waals surface area contributed by atoms with Gasteiger partial charge in [-0.2, -0.15) is 4.31 Å². The smallest absolute Gasteiger partial charge is 0.244 e. The van der Waals surface area contributed by atoms with Gasteiger partial charge in [-0.05, 0) is 12.5 Å². The van der Waals surface area contributed by atoms with Crippen LogP contribution in [0.4, 0.5) is 0 Å². The van der Waals surface area contributed by atoms with E-state index in [9.17, 15) is 16.8 Å². The fourth-order valence-corrected chi connectivity index (χ4v) is 4.85. The third-order valence-electron chi connectivity index (χ3n) is 3.04. The molecule has 1 fully saturated rings. The van der Waals surface area contributed by atoms with E-state index in [2.05, 4.69) is 4.98 Å². The molecule has 1 saturated heterocycles. The van der Waals surface area contributed by atoms with Crippen LogP contribution in [0.2, 0.25) is 0 Å². The van der Waals surface area contributed by atoms with Gasteiger partial charge in [0.25, 0.3) is 0 Å². The molecule has 0 aliphatic carbocycles. The molecule has 0 radical (unpaired) electrons. The molecule has 0 aromatic carbocycles. The molecule has 0 unspecified atom stereocenters. The number of aliphatic hydroxyl groups is 1. The minimum atomic E-state index is -3.70. The zero-order valence-corrected chi connectivity index (χ0v) is 11.9. The lowest BCUT2D eigenvalue weighted by Crippen LogP contribution is -2.33. The van der Waals surface area contributed by atoms with Gasteiger partial charge in [0.15, 0.2) is 9.84 Å². The van der Waals surface area contributed by atoms with Gasteiger partial charge in [-0.15, -0.1) is 0 Å². The Balaban J connectivity index is 2.24. The minimum absolute atomic E-state index is 0.0219. The molecule has 1 aliphatic heterocycles. The lowest BCUT2D eigenvalue weighted by atomic mass is 10.5. The van der Waals surface area contributed by atoms with Crippen LogP contribution < -0.4 is 0 Å². The average molecular weight is 308 g/mol. The lowest BCUT2D eigenvalue weighted by Gasteiger charge is -2.18. The molecule has 0 saturated carbocycles. The highest BCUT2D eigenvalue weighted by Gasteiger charge is 2.29. The first-order valence-corrected chi connectivity index (χ1v) is 9.10. The van der Waals surface area contributed by atoms with Crippen LogP contribution in [0.15, 0.2) is 17.2 Å². The summed E-state index contributed by atoms with van der Waals surface area (Å²) in [6.07, 6.45) is 1.61. The quantitative estimate of drug-likeness (QED) is 0.769. The number of H-pyrrole nitrogens is 1. The van der Waals surface area contributed by atoms with Crippen molar-refractivity contribution in [2.75, 3.05) is 24.6 Å². The van der Waals surface area contributed by atoms with Crippen LogP contribution in [0, 0.1) is 0 Å². The second-order valence-corrected chi connectivity index (χ2v) is 8.67. The van der Waals surface area contributed by atoms with Crippen LogP contribution in [-0.4, -0.2) is 55.8 Å². The van der Waals surface area contributed by atoms with E-state index in [0.717, 1.165) is 0 Å². The molecule has 7 nitrogen and oxygen atoms in total. The Kier molecular flexibility index (Phi) is 4.00. The van der Waals surface area contributed by atoms with Crippen LogP contribution in [0.1, 0.15) is 12.1 Å². The van der Waals surface area contributed by atoms with Crippen molar-refractivity contribution in [1.82, 2.24) is 9.29 Å². The fourth-order valence-electron chi connectivity index (χ4n) is 1.96. The molecule has 1 aliphatic rings. The Morgan fingerprint density at radius 1 is 1.32 bits per heavy atom. The number of aromatic amines is 1. The Bertz CT molecular complexity index is 647. The van der Waals surface area contributed by atoms with E-state index in [-0.39, 0.29) is 36.1 Å². The van der Waals surface area contributed by atoms with E-state index in [1.807, 2.05) is 0 Å². The molecule has 1 aromatic heterocycles. The minimum Gasteiger partial charge on any atom is -0.390 e. The van der Waals surface area contributed by atoms with Gasteiger partial charge >= 0.3 is 0 Å². The Labute approximate surface area is 112 Å². The van der Waals surface area contributed by atoms with Crippen molar-refractivity contribution in [2.24, 2.45) is 0 Å². The van der Waals surface area contributed by atoms with Crippen molar-refractivity contribution in [2.45, 2.75) is 17.9 Å². The van der Waals surface area contributed by atoms with Crippen molar-refractivity contribution in [3.05, 3.63) is 18.0 Å². The summed E-state index contributed by atoms with van der Waals surface area (Å²) in [5.41, 5.74) is 0.404. The van der Waals surface area contributed by atoms with Gasteiger partial charge in [0.05, 0.1) is 23.0 Å². The second kappa shape index (κ2) is 5.23. The summed E-state index contributed by atoms with van der Waals surface area (Å²) < 4.78 is 48.7. The third kappa shape index (κ3) is 3.16. The normalized spacial score (nSPS) is 21.1. The largest absolute Gasteiger partial charge is 0.390 e. The van der Waals surface area contributed by atoms with Crippen LogP contribution in [-0.2, 0) is 26.5 Å². The van der Waals surface area contributed by atoms with E-state index in [0.29, 0.717) is 12.1 Å². The average Bonchev–Trinajstić information content (AvgIpc) is 2.75.